The summed E-state index contributed by atoms with van der Waals surface area (Å²) in [5.41, 5.74) is 0.807. The standard InChI is InChI=1S/C13H9Cl2N3O3/c14-11-8(2-1-3-9(11)18-13(20)21)10(19)6-7-4-5-16-12(15)17-7/h1-5,18H,6H2,(H,20,21). The van der Waals surface area contributed by atoms with Gasteiger partial charge in [0.15, 0.2) is 5.78 Å². The first-order valence-corrected chi connectivity index (χ1v) is 6.52. The van der Waals surface area contributed by atoms with Gasteiger partial charge < -0.3 is 5.11 Å². The summed E-state index contributed by atoms with van der Waals surface area (Å²) in [4.78, 5) is 30.5. The van der Waals surface area contributed by atoms with Crippen molar-refractivity contribution in [1.82, 2.24) is 9.97 Å². The lowest BCUT2D eigenvalue weighted by Crippen LogP contribution is -2.11. The molecular weight excluding hydrogens is 317 g/mol. The number of aromatic nitrogens is 2. The van der Waals surface area contributed by atoms with Gasteiger partial charge in [-0.05, 0) is 29.8 Å². The molecule has 0 aliphatic heterocycles. The average Bonchev–Trinajstić information content (AvgIpc) is 2.40. The number of carbonyl (C=O) groups is 2. The third-order valence-electron chi connectivity index (χ3n) is 2.57. The second-order valence-electron chi connectivity index (χ2n) is 4.01. The number of anilines is 1. The molecule has 0 saturated heterocycles. The van der Waals surface area contributed by atoms with E-state index in [0.717, 1.165) is 0 Å². The Balaban J connectivity index is 2.25. The van der Waals surface area contributed by atoms with Crippen molar-refractivity contribution in [2.24, 2.45) is 0 Å². The summed E-state index contributed by atoms with van der Waals surface area (Å²) in [5.74, 6) is -0.302. The van der Waals surface area contributed by atoms with Crippen LogP contribution in [0.25, 0.3) is 0 Å². The van der Waals surface area contributed by atoms with E-state index in [1.54, 1.807) is 6.07 Å². The summed E-state index contributed by atoms with van der Waals surface area (Å²) >= 11 is 11.7. The zero-order chi connectivity index (χ0) is 15.4. The molecule has 1 heterocycles. The van der Waals surface area contributed by atoms with Crippen LogP contribution in [0.15, 0.2) is 30.5 Å². The summed E-state index contributed by atoms with van der Waals surface area (Å²) in [7, 11) is 0. The number of amides is 1. The van der Waals surface area contributed by atoms with E-state index < -0.39 is 6.09 Å². The van der Waals surface area contributed by atoms with Gasteiger partial charge in [-0.3, -0.25) is 10.1 Å². The Kier molecular flexibility index (Phi) is 4.72. The fraction of sp³-hybridized carbons (Fsp3) is 0.0769. The van der Waals surface area contributed by atoms with Crippen LogP contribution in [0.3, 0.4) is 0 Å². The Bertz CT molecular complexity index is 707. The van der Waals surface area contributed by atoms with Gasteiger partial charge in [0.1, 0.15) is 0 Å². The van der Waals surface area contributed by atoms with Crippen molar-refractivity contribution in [2.75, 3.05) is 5.32 Å². The molecule has 0 fully saturated rings. The lowest BCUT2D eigenvalue weighted by atomic mass is 10.1. The van der Waals surface area contributed by atoms with Gasteiger partial charge >= 0.3 is 6.09 Å². The minimum Gasteiger partial charge on any atom is -0.465 e. The SMILES string of the molecule is O=C(O)Nc1cccc(C(=O)Cc2ccnc(Cl)n2)c1Cl. The van der Waals surface area contributed by atoms with Gasteiger partial charge in [-0.25, -0.2) is 14.8 Å². The molecule has 0 spiro atoms. The molecule has 8 heteroatoms. The maximum Gasteiger partial charge on any atom is 0.409 e. The Morgan fingerprint density at radius 3 is 2.67 bits per heavy atom. The van der Waals surface area contributed by atoms with Crippen molar-refractivity contribution in [1.29, 1.82) is 0 Å². The highest BCUT2D eigenvalue weighted by atomic mass is 35.5. The molecule has 2 N–H and O–H groups in total. The van der Waals surface area contributed by atoms with E-state index >= 15 is 0 Å². The Morgan fingerprint density at radius 2 is 2.00 bits per heavy atom. The van der Waals surface area contributed by atoms with Gasteiger partial charge in [-0.2, -0.15) is 0 Å². The normalized spacial score (nSPS) is 10.2. The summed E-state index contributed by atoms with van der Waals surface area (Å²) < 4.78 is 0. The van der Waals surface area contributed by atoms with Crippen molar-refractivity contribution in [3.8, 4) is 0 Å². The lowest BCUT2D eigenvalue weighted by molar-refractivity contribution is 0.0992. The van der Waals surface area contributed by atoms with Crippen LogP contribution in [0.2, 0.25) is 10.3 Å². The molecule has 2 aromatic rings. The van der Waals surface area contributed by atoms with Gasteiger partial charge in [-0.1, -0.05) is 17.7 Å². The number of nitrogens with one attached hydrogen (secondary N) is 1. The second kappa shape index (κ2) is 6.51. The van der Waals surface area contributed by atoms with Crippen molar-refractivity contribution in [2.45, 2.75) is 6.42 Å². The fourth-order valence-corrected chi connectivity index (χ4v) is 2.13. The van der Waals surface area contributed by atoms with E-state index in [0.29, 0.717) is 5.69 Å². The second-order valence-corrected chi connectivity index (χ2v) is 4.73. The number of hydrogen-bond donors (Lipinski definition) is 2. The zero-order valence-electron chi connectivity index (χ0n) is 10.5. The largest absolute Gasteiger partial charge is 0.465 e. The van der Waals surface area contributed by atoms with Gasteiger partial charge in [0.2, 0.25) is 5.28 Å². The molecule has 2 rings (SSSR count). The van der Waals surface area contributed by atoms with Crippen molar-refractivity contribution in [3.05, 3.63) is 52.0 Å². The molecule has 21 heavy (non-hydrogen) atoms. The predicted octanol–water partition coefficient (Wildman–Crippen LogP) is 3.30. The average molecular weight is 326 g/mol. The Hall–Kier alpha value is -2.18. The van der Waals surface area contributed by atoms with E-state index in [1.807, 2.05) is 0 Å². The first-order chi connectivity index (χ1) is 9.97. The number of hydrogen-bond acceptors (Lipinski definition) is 4. The number of carbonyl (C=O) groups excluding carboxylic acids is 1. The monoisotopic (exact) mass is 325 g/mol. The van der Waals surface area contributed by atoms with Crippen molar-refractivity contribution >= 4 is 40.8 Å². The number of ketones is 1. The van der Waals surface area contributed by atoms with E-state index in [1.165, 1.54) is 24.4 Å². The maximum atomic E-state index is 12.2. The summed E-state index contributed by atoms with van der Waals surface area (Å²) in [6.07, 6.45) is 0.171. The highest BCUT2D eigenvalue weighted by molar-refractivity contribution is 6.37. The number of Topliss-reactive ketones (excluding diaryl/α,β-unsaturated/α-hetero) is 1. The van der Waals surface area contributed by atoms with Crippen LogP contribution in [-0.4, -0.2) is 27.0 Å². The molecule has 0 aliphatic carbocycles. The number of halogens is 2. The van der Waals surface area contributed by atoms with Crippen molar-refractivity contribution < 1.29 is 14.7 Å². The summed E-state index contributed by atoms with van der Waals surface area (Å²) in [6.45, 7) is 0. The molecule has 0 radical (unpaired) electrons. The minimum atomic E-state index is -1.26. The van der Waals surface area contributed by atoms with Crippen LogP contribution < -0.4 is 5.32 Å². The fourth-order valence-electron chi connectivity index (χ4n) is 1.69. The number of benzene rings is 1. The molecular formula is C13H9Cl2N3O3. The molecule has 108 valence electrons. The van der Waals surface area contributed by atoms with E-state index in [-0.39, 0.29) is 33.8 Å². The highest BCUT2D eigenvalue weighted by Gasteiger charge is 2.15. The number of carboxylic acid groups (broad SMARTS) is 1. The molecule has 6 nitrogen and oxygen atoms in total. The Labute approximate surface area is 129 Å². The van der Waals surface area contributed by atoms with Crippen LogP contribution in [0, 0.1) is 0 Å². The lowest BCUT2D eigenvalue weighted by Gasteiger charge is -2.08. The molecule has 0 bridgehead atoms. The van der Waals surface area contributed by atoms with Gasteiger partial charge in [-0.15, -0.1) is 0 Å². The van der Waals surface area contributed by atoms with Gasteiger partial charge in [0, 0.05) is 11.8 Å². The summed E-state index contributed by atoms with van der Waals surface area (Å²) in [5, 5.41) is 10.9. The van der Waals surface area contributed by atoms with Crippen LogP contribution in [0.1, 0.15) is 16.1 Å². The quantitative estimate of drug-likeness (QED) is 0.664. The minimum absolute atomic E-state index is 0.0154. The van der Waals surface area contributed by atoms with Crippen molar-refractivity contribution in [3.63, 3.8) is 0 Å². The molecule has 0 unspecified atom stereocenters. The highest BCUT2D eigenvalue weighted by Crippen LogP contribution is 2.27. The third kappa shape index (κ3) is 3.90. The van der Waals surface area contributed by atoms with E-state index in [9.17, 15) is 9.59 Å². The van der Waals surface area contributed by atoms with E-state index in [2.05, 4.69) is 15.3 Å². The number of nitrogens with zero attached hydrogens (tertiary/aromatic N) is 2. The van der Waals surface area contributed by atoms with Crippen LogP contribution in [0.4, 0.5) is 10.5 Å². The topological polar surface area (TPSA) is 92.2 Å². The molecule has 1 aromatic heterocycles. The van der Waals surface area contributed by atoms with Gasteiger partial charge in [0.05, 0.1) is 22.8 Å². The van der Waals surface area contributed by atoms with E-state index in [4.69, 9.17) is 28.3 Å². The number of rotatable bonds is 4. The third-order valence-corrected chi connectivity index (χ3v) is 3.16. The maximum absolute atomic E-state index is 12.2. The first kappa shape index (κ1) is 15.2. The molecule has 0 aliphatic rings. The molecule has 1 amide bonds. The van der Waals surface area contributed by atoms with Crippen LogP contribution in [-0.2, 0) is 6.42 Å². The van der Waals surface area contributed by atoms with Crippen LogP contribution in [0.5, 0.6) is 0 Å². The molecule has 1 aromatic carbocycles. The van der Waals surface area contributed by atoms with Crippen LogP contribution >= 0.6 is 23.2 Å². The smallest absolute Gasteiger partial charge is 0.409 e. The summed E-state index contributed by atoms with van der Waals surface area (Å²) in [6, 6.07) is 6.09. The molecule has 0 saturated carbocycles. The first-order valence-electron chi connectivity index (χ1n) is 5.76. The Morgan fingerprint density at radius 1 is 1.24 bits per heavy atom. The molecule has 0 atom stereocenters. The van der Waals surface area contributed by atoms with Gasteiger partial charge in [0.25, 0.3) is 0 Å². The zero-order valence-corrected chi connectivity index (χ0v) is 12.0. The predicted molar refractivity (Wildman–Crippen MR) is 78.2 cm³/mol.